The number of carbonyl (C=O) groups is 1. The van der Waals surface area contributed by atoms with Gasteiger partial charge in [-0.1, -0.05) is 6.07 Å². The first-order valence-electron chi connectivity index (χ1n) is 5.24. The first-order valence-corrected chi connectivity index (χ1v) is 5.24. The number of pyridine rings is 1. The molecule has 17 heavy (non-hydrogen) atoms. The Labute approximate surface area is 98.1 Å². The molecule has 0 saturated heterocycles. The standard InChI is InChI=1S/C12H13N3O2/c1-15-7-3-4-9(15)8-13-12(17)10-5-2-6-11(16)14-10/h2-7H,8H2,1H3,(H,13,17)(H,14,16). The van der Waals surface area contributed by atoms with Gasteiger partial charge in [-0.3, -0.25) is 9.59 Å². The molecule has 5 heteroatoms. The van der Waals surface area contributed by atoms with Gasteiger partial charge in [0.05, 0.1) is 6.54 Å². The molecule has 5 nitrogen and oxygen atoms in total. The molecule has 0 atom stereocenters. The van der Waals surface area contributed by atoms with Gasteiger partial charge in [0.25, 0.3) is 5.91 Å². The SMILES string of the molecule is Cn1cccc1CNC(=O)c1cccc(=O)[nH]1. The Kier molecular flexibility index (Phi) is 3.09. The van der Waals surface area contributed by atoms with Crippen LogP contribution in [0.3, 0.4) is 0 Å². The summed E-state index contributed by atoms with van der Waals surface area (Å²) in [4.78, 5) is 25.2. The van der Waals surface area contributed by atoms with E-state index in [9.17, 15) is 9.59 Å². The number of hydrogen-bond acceptors (Lipinski definition) is 2. The zero-order valence-corrected chi connectivity index (χ0v) is 9.43. The highest BCUT2D eigenvalue weighted by atomic mass is 16.2. The van der Waals surface area contributed by atoms with Crippen LogP contribution in [0.5, 0.6) is 0 Å². The number of amides is 1. The van der Waals surface area contributed by atoms with Gasteiger partial charge in [-0.05, 0) is 18.2 Å². The summed E-state index contributed by atoms with van der Waals surface area (Å²) < 4.78 is 1.92. The molecule has 0 fully saturated rings. The quantitative estimate of drug-likeness (QED) is 0.814. The molecule has 2 N–H and O–H groups in total. The van der Waals surface area contributed by atoms with Crippen molar-refractivity contribution in [3.05, 3.63) is 58.3 Å². The smallest absolute Gasteiger partial charge is 0.268 e. The Morgan fingerprint density at radius 2 is 2.18 bits per heavy atom. The number of H-pyrrole nitrogens is 1. The summed E-state index contributed by atoms with van der Waals surface area (Å²) in [6, 6.07) is 8.33. The molecule has 0 aliphatic carbocycles. The highest BCUT2D eigenvalue weighted by Gasteiger charge is 2.06. The van der Waals surface area contributed by atoms with E-state index in [1.165, 1.54) is 6.07 Å². The van der Waals surface area contributed by atoms with E-state index >= 15 is 0 Å². The summed E-state index contributed by atoms with van der Waals surface area (Å²) in [6.45, 7) is 0.430. The van der Waals surface area contributed by atoms with Gasteiger partial charge in [0, 0.05) is 25.0 Å². The van der Waals surface area contributed by atoms with Crippen LogP contribution in [0.2, 0.25) is 0 Å². The van der Waals surface area contributed by atoms with Gasteiger partial charge in [0.1, 0.15) is 5.69 Å². The van der Waals surface area contributed by atoms with Crippen LogP contribution >= 0.6 is 0 Å². The third-order valence-corrected chi connectivity index (χ3v) is 2.49. The predicted molar refractivity (Wildman–Crippen MR) is 63.6 cm³/mol. The molecule has 0 aliphatic heterocycles. The number of rotatable bonds is 3. The van der Waals surface area contributed by atoms with Crippen LogP contribution in [0.4, 0.5) is 0 Å². The van der Waals surface area contributed by atoms with E-state index in [2.05, 4.69) is 10.3 Å². The summed E-state index contributed by atoms with van der Waals surface area (Å²) >= 11 is 0. The number of aromatic amines is 1. The van der Waals surface area contributed by atoms with E-state index in [1.54, 1.807) is 12.1 Å². The summed E-state index contributed by atoms with van der Waals surface area (Å²) in [5.41, 5.74) is 0.986. The maximum Gasteiger partial charge on any atom is 0.268 e. The normalized spacial score (nSPS) is 10.2. The van der Waals surface area contributed by atoms with E-state index in [4.69, 9.17) is 0 Å². The average molecular weight is 231 g/mol. The molecule has 0 unspecified atom stereocenters. The van der Waals surface area contributed by atoms with Crippen LogP contribution in [0, 0.1) is 0 Å². The lowest BCUT2D eigenvalue weighted by Gasteiger charge is -2.06. The minimum absolute atomic E-state index is 0.270. The van der Waals surface area contributed by atoms with Crippen LogP contribution in [-0.2, 0) is 13.6 Å². The highest BCUT2D eigenvalue weighted by molar-refractivity contribution is 5.92. The zero-order chi connectivity index (χ0) is 12.3. The van der Waals surface area contributed by atoms with Crippen molar-refractivity contribution in [3.63, 3.8) is 0 Å². The molecule has 2 rings (SSSR count). The second-order valence-corrected chi connectivity index (χ2v) is 3.72. The third-order valence-electron chi connectivity index (χ3n) is 2.49. The summed E-state index contributed by atoms with van der Waals surface area (Å²) in [6.07, 6.45) is 1.91. The lowest BCUT2D eigenvalue weighted by atomic mass is 10.3. The molecule has 1 amide bonds. The number of aromatic nitrogens is 2. The van der Waals surface area contributed by atoms with E-state index in [-0.39, 0.29) is 17.2 Å². The summed E-state index contributed by atoms with van der Waals surface area (Å²) in [7, 11) is 1.91. The van der Waals surface area contributed by atoms with Gasteiger partial charge in [-0.25, -0.2) is 0 Å². The first-order chi connectivity index (χ1) is 8.16. The van der Waals surface area contributed by atoms with Gasteiger partial charge >= 0.3 is 0 Å². The molecule has 0 aromatic carbocycles. The number of hydrogen-bond donors (Lipinski definition) is 2. The third kappa shape index (κ3) is 2.63. The summed E-state index contributed by atoms with van der Waals surface area (Å²) in [5.74, 6) is -0.288. The van der Waals surface area contributed by atoms with E-state index < -0.39 is 0 Å². The van der Waals surface area contributed by atoms with Crippen molar-refractivity contribution in [1.82, 2.24) is 14.9 Å². The Morgan fingerprint density at radius 3 is 2.82 bits per heavy atom. The predicted octanol–water partition coefficient (Wildman–Crippen LogP) is 0.643. The Balaban J connectivity index is 2.03. The van der Waals surface area contributed by atoms with Crippen molar-refractivity contribution in [2.75, 3.05) is 0 Å². The molecule has 2 aromatic heterocycles. The highest BCUT2D eigenvalue weighted by Crippen LogP contribution is 1.99. The molecule has 2 aromatic rings. The monoisotopic (exact) mass is 231 g/mol. The average Bonchev–Trinajstić information content (AvgIpc) is 2.72. The first kappa shape index (κ1) is 11.2. The van der Waals surface area contributed by atoms with Gasteiger partial charge in [-0.15, -0.1) is 0 Å². The molecule has 0 bridgehead atoms. The molecule has 0 saturated carbocycles. The van der Waals surface area contributed by atoms with Crippen molar-refractivity contribution in [1.29, 1.82) is 0 Å². The van der Waals surface area contributed by atoms with Crippen LogP contribution in [0.1, 0.15) is 16.2 Å². The molecular weight excluding hydrogens is 218 g/mol. The van der Waals surface area contributed by atoms with Gasteiger partial charge in [-0.2, -0.15) is 0 Å². The molecular formula is C12H13N3O2. The molecule has 0 aliphatic rings. The molecule has 0 radical (unpaired) electrons. The van der Waals surface area contributed by atoms with Crippen molar-refractivity contribution in [3.8, 4) is 0 Å². The lowest BCUT2D eigenvalue weighted by Crippen LogP contribution is -2.26. The van der Waals surface area contributed by atoms with Crippen LogP contribution in [0.25, 0.3) is 0 Å². The van der Waals surface area contributed by atoms with E-state index in [1.807, 2.05) is 29.9 Å². The molecule has 0 spiro atoms. The van der Waals surface area contributed by atoms with Crippen LogP contribution in [-0.4, -0.2) is 15.5 Å². The van der Waals surface area contributed by atoms with Crippen LogP contribution < -0.4 is 10.9 Å². The van der Waals surface area contributed by atoms with E-state index in [0.717, 1.165) is 5.69 Å². The van der Waals surface area contributed by atoms with Crippen molar-refractivity contribution in [2.45, 2.75) is 6.54 Å². The fraction of sp³-hybridized carbons (Fsp3) is 0.167. The maximum atomic E-state index is 11.7. The molecule has 88 valence electrons. The van der Waals surface area contributed by atoms with Crippen molar-refractivity contribution >= 4 is 5.91 Å². The van der Waals surface area contributed by atoms with Crippen molar-refractivity contribution in [2.24, 2.45) is 7.05 Å². The number of aryl methyl sites for hydroxylation is 1. The Morgan fingerprint density at radius 1 is 1.35 bits per heavy atom. The number of nitrogens with one attached hydrogen (secondary N) is 2. The summed E-state index contributed by atoms with van der Waals surface area (Å²) in [5, 5.41) is 2.74. The number of carbonyl (C=O) groups excluding carboxylic acids is 1. The van der Waals surface area contributed by atoms with Gasteiger partial charge in [0.15, 0.2) is 0 Å². The second kappa shape index (κ2) is 4.69. The number of nitrogens with zero attached hydrogens (tertiary/aromatic N) is 1. The fourth-order valence-electron chi connectivity index (χ4n) is 1.53. The Hall–Kier alpha value is -2.30. The fourth-order valence-corrected chi connectivity index (χ4v) is 1.53. The second-order valence-electron chi connectivity index (χ2n) is 3.72. The Bertz CT molecular complexity index is 583. The van der Waals surface area contributed by atoms with Gasteiger partial charge < -0.3 is 14.9 Å². The molecule has 2 heterocycles. The zero-order valence-electron chi connectivity index (χ0n) is 9.43. The largest absolute Gasteiger partial charge is 0.353 e. The minimum atomic E-state index is -0.288. The van der Waals surface area contributed by atoms with Crippen molar-refractivity contribution < 1.29 is 4.79 Å². The maximum absolute atomic E-state index is 11.7. The lowest BCUT2D eigenvalue weighted by molar-refractivity contribution is 0.0945. The minimum Gasteiger partial charge on any atom is -0.353 e. The topological polar surface area (TPSA) is 66.9 Å². The van der Waals surface area contributed by atoms with E-state index in [0.29, 0.717) is 6.54 Å². The van der Waals surface area contributed by atoms with Gasteiger partial charge in [0.2, 0.25) is 5.56 Å². The van der Waals surface area contributed by atoms with Crippen LogP contribution in [0.15, 0.2) is 41.3 Å².